The molecule has 4 heteroatoms. The molecule has 0 radical (unpaired) electrons. The normalized spacial score (nSPS) is 18.0. The van der Waals surface area contributed by atoms with Crippen LogP contribution in [0.4, 0.5) is 0 Å². The number of hydrogen-bond acceptors (Lipinski definition) is 3. The first-order valence-electron chi connectivity index (χ1n) is 7.46. The molecule has 1 saturated heterocycles. The molecular formula is C16H25N3O. The van der Waals surface area contributed by atoms with E-state index < -0.39 is 6.04 Å². The molecule has 1 aliphatic heterocycles. The van der Waals surface area contributed by atoms with Crippen LogP contribution >= 0.6 is 0 Å². The van der Waals surface area contributed by atoms with Gasteiger partial charge in [-0.3, -0.25) is 4.79 Å². The van der Waals surface area contributed by atoms with E-state index in [0.717, 1.165) is 44.0 Å². The summed E-state index contributed by atoms with van der Waals surface area (Å²) in [5.74, 6) is 0.794. The molecule has 0 spiro atoms. The smallest absolute Gasteiger partial charge is 0.244 e. The molecule has 2 rings (SSSR count). The average molecular weight is 275 g/mol. The van der Waals surface area contributed by atoms with E-state index in [4.69, 9.17) is 5.73 Å². The summed E-state index contributed by atoms with van der Waals surface area (Å²) in [6, 6.07) is 9.10. The van der Waals surface area contributed by atoms with Crippen molar-refractivity contribution < 1.29 is 4.79 Å². The number of piperidine rings is 1. The predicted molar refractivity (Wildman–Crippen MR) is 81.2 cm³/mol. The van der Waals surface area contributed by atoms with Crippen LogP contribution in [0.2, 0.25) is 0 Å². The summed E-state index contributed by atoms with van der Waals surface area (Å²) in [4.78, 5) is 14.3. The Labute approximate surface area is 121 Å². The van der Waals surface area contributed by atoms with Crippen molar-refractivity contribution in [3.05, 3.63) is 35.9 Å². The summed E-state index contributed by atoms with van der Waals surface area (Å²) >= 11 is 0. The molecule has 110 valence electrons. The van der Waals surface area contributed by atoms with Gasteiger partial charge in [0.1, 0.15) is 6.04 Å². The summed E-state index contributed by atoms with van der Waals surface area (Å²) in [6.07, 6.45) is 3.38. The fraction of sp³-hybridized carbons (Fsp3) is 0.562. The summed E-state index contributed by atoms with van der Waals surface area (Å²) in [6.45, 7) is 2.74. The van der Waals surface area contributed by atoms with E-state index in [9.17, 15) is 4.79 Å². The van der Waals surface area contributed by atoms with Crippen molar-refractivity contribution in [2.24, 2.45) is 11.7 Å². The molecule has 1 heterocycles. The zero-order chi connectivity index (χ0) is 14.4. The summed E-state index contributed by atoms with van der Waals surface area (Å²) in [5.41, 5.74) is 6.98. The Hall–Kier alpha value is -1.39. The summed E-state index contributed by atoms with van der Waals surface area (Å²) in [7, 11) is 1.98. The highest BCUT2D eigenvalue weighted by Crippen LogP contribution is 2.22. The SMILES string of the molecule is CNCCC1CCN(C(=O)C(N)c2ccccc2)CC1. The molecule has 4 nitrogen and oxygen atoms in total. The number of amides is 1. The van der Waals surface area contributed by atoms with E-state index in [-0.39, 0.29) is 5.91 Å². The second kappa shape index (κ2) is 7.41. The first-order chi connectivity index (χ1) is 9.72. The summed E-state index contributed by atoms with van der Waals surface area (Å²) < 4.78 is 0. The number of carbonyl (C=O) groups excluding carboxylic acids is 1. The van der Waals surface area contributed by atoms with E-state index >= 15 is 0 Å². The Morgan fingerprint density at radius 3 is 2.60 bits per heavy atom. The predicted octanol–water partition coefficient (Wildman–Crippen LogP) is 1.53. The zero-order valence-electron chi connectivity index (χ0n) is 12.2. The van der Waals surface area contributed by atoms with Crippen LogP contribution in [0.15, 0.2) is 30.3 Å². The van der Waals surface area contributed by atoms with Crippen LogP contribution in [0.3, 0.4) is 0 Å². The molecular weight excluding hydrogens is 250 g/mol. The van der Waals surface area contributed by atoms with Crippen molar-refractivity contribution in [1.29, 1.82) is 0 Å². The second-order valence-corrected chi connectivity index (χ2v) is 5.55. The van der Waals surface area contributed by atoms with Gasteiger partial charge in [-0.1, -0.05) is 30.3 Å². The number of carbonyl (C=O) groups is 1. The minimum atomic E-state index is -0.523. The second-order valence-electron chi connectivity index (χ2n) is 5.55. The maximum Gasteiger partial charge on any atom is 0.244 e. The van der Waals surface area contributed by atoms with Crippen molar-refractivity contribution in [1.82, 2.24) is 10.2 Å². The Balaban J connectivity index is 1.85. The van der Waals surface area contributed by atoms with Gasteiger partial charge in [-0.25, -0.2) is 0 Å². The lowest BCUT2D eigenvalue weighted by molar-refractivity contribution is -0.134. The molecule has 0 saturated carbocycles. The number of nitrogens with zero attached hydrogens (tertiary/aromatic N) is 1. The molecule has 1 aromatic rings. The van der Waals surface area contributed by atoms with E-state index in [1.807, 2.05) is 42.3 Å². The van der Waals surface area contributed by atoms with Gasteiger partial charge in [0.15, 0.2) is 0 Å². The fourth-order valence-electron chi connectivity index (χ4n) is 2.79. The van der Waals surface area contributed by atoms with E-state index in [1.54, 1.807) is 0 Å². The number of nitrogens with one attached hydrogen (secondary N) is 1. The van der Waals surface area contributed by atoms with Crippen LogP contribution in [0.1, 0.15) is 30.9 Å². The average Bonchev–Trinajstić information content (AvgIpc) is 2.53. The number of benzene rings is 1. The van der Waals surface area contributed by atoms with Gasteiger partial charge in [-0.05, 0) is 44.3 Å². The maximum absolute atomic E-state index is 12.4. The Kier molecular flexibility index (Phi) is 5.56. The highest BCUT2D eigenvalue weighted by Gasteiger charge is 2.26. The van der Waals surface area contributed by atoms with Gasteiger partial charge >= 0.3 is 0 Å². The molecule has 1 aliphatic rings. The molecule has 0 aromatic heterocycles. The largest absolute Gasteiger partial charge is 0.341 e. The quantitative estimate of drug-likeness (QED) is 0.857. The van der Waals surface area contributed by atoms with Crippen molar-refractivity contribution in [2.45, 2.75) is 25.3 Å². The number of nitrogens with two attached hydrogens (primary N) is 1. The Bertz CT molecular complexity index is 413. The van der Waals surface area contributed by atoms with Crippen molar-refractivity contribution >= 4 is 5.91 Å². The molecule has 0 bridgehead atoms. The third-order valence-electron chi connectivity index (χ3n) is 4.15. The molecule has 20 heavy (non-hydrogen) atoms. The first kappa shape index (κ1) is 15.0. The van der Waals surface area contributed by atoms with Crippen LogP contribution in [0, 0.1) is 5.92 Å². The molecule has 3 N–H and O–H groups in total. The third kappa shape index (κ3) is 3.81. The van der Waals surface area contributed by atoms with Crippen molar-refractivity contribution in [3.63, 3.8) is 0 Å². The van der Waals surface area contributed by atoms with Crippen LogP contribution in [-0.4, -0.2) is 37.5 Å². The lowest BCUT2D eigenvalue weighted by Crippen LogP contribution is -2.43. The van der Waals surface area contributed by atoms with Gasteiger partial charge in [-0.2, -0.15) is 0 Å². The molecule has 1 amide bonds. The van der Waals surface area contributed by atoms with Gasteiger partial charge in [0, 0.05) is 13.1 Å². The minimum absolute atomic E-state index is 0.0586. The minimum Gasteiger partial charge on any atom is -0.341 e. The number of likely N-dealkylation sites (tertiary alicyclic amines) is 1. The highest BCUT2D eigenvalue weighted by molar-refractivity contribution is 5.83. The number of rotatable bonds is 5. The topological polar surface area (TPSA) is 58.4 Å². The monoisotopic (exact) mass is 275 g/mol. The Morgan fingerprint density at radius 1 is 1.35 bits per heavy atom. The third-order valence-corrected chi connectivity index (χ3v) is 4.15. The van der Waals surface area contributed by atoms with Gasteiger partial charge in [0.2, 0.25) is 5.91 Å². The van der Waals surface area contributed by atoms with Crippen molar-refractivity contribution in [3.8, 4) is 0 Å². The van der Waals surface area contributed by atoms with Crippen LogP contribution < -0.4 is 11.1 Å². The molecule has 1 atom stereocenters. The van der Waals surface area contributed by atoms with Crippen LogP contribution in [-0.2, 0) is 4.79 Å². The summed E-state index contributed by atoms with van der Waals surface area (Å²) in [5, 5.41) is 3.19. The fourth-order valence-corrected chi connectivity index (χ4v) is 2.79. The highest BCUT2D eigenvalue weighted by atomic mass is 16.2. The van der Waals surface area contributed by atoms with E-state index in [2.05, 4.69) is 5.32 Å². The van der Waals surface area contributed by atoms with Crippen LogP contribution in [0.25, 0.3) is 0 Å². The van der Waals surface area contributed by atoms with E-state index in [1.165, 1.54) is 6.42 Å². The zero-order valence-corrected chi connectivity index (χ0v) is 12.2. The van der Waals surface area contributed by atoms with Gasteiger partial charge in [-0.15, -0.1) is 0 Å². The van der Waals surface area contributed by atoms with E-state index in [0.29, 0.717) is 0 Å². The van der Waals surface area contributed by atoms with Crippen LogP contribution in [0.5, 0.6) is 0 Å². The molecule has 1 fully saturated rings. The lowest BCUT2D eigenvalue weighted by Gasteiger charge is -2.33. The number of hydrogen-bond donors (Lipinski definition) is 2. The molecule has 0 aliphatic carbocycles. The van der Waals surface area contributed by atoms with Gasteiger partial charge in [0.05, 0.1) is 0 Å². The Morgan fingerprint density at radius 2 is 2.00 bits per heavy atom. The lowest BCUT2D eigenvalue weighted by atomic mass is 9.93. The van der Waals surface area contributed by atoms with Crippen molar-refractivity contribution in [2.75, 3.05) is 26.7 Å². The first-order valence-corrected chi connectivity index (χ1v) is 7.46. The standard InChI is InChI=1S/C16H25N3O/c1-18-10-7-13-8-11-19(12-9-13)16(20)15(17)14-5-3-2-4-6-14/h2-6,13,15,18H,7-12,17H2,1H3. The molecule has 1 aromatic carbocycles. The van der Waals surface area contributed by atoms with Gasteiger partial charge in [0.25, 0.3) is 0 Å². The maximum atomic E-state index is 12.4. The van der Waals surface area contributed by atoms with Gasteiger partial charge < -0.3 is 16.0 Å². The molecule has 1 unspecified atom stereocenters.